The van der Waals surface area contributed by atoms with Crippen molar-refractivity contribution in [1.82, 2.24) is 31.2 Å². The summed E-state index contributed by atoms with van der Waals surface area (Å²) in [5.74, 6) is -2.67. The number of hydrogen-bond acceptors (Lipinski definition) is 8. The van der Waals surface area contributed by atoms with E-state index in [2.05, 4.69) is 26.3 Å². The van der Waals surface area contributed by atoms with Crippen molar-refractivity contribution in [3.63, 3.8) is 0 Å². The number of rotatable bonds is 19. The number of methoxy groups -OCH3 is 1. The minimum absolute atomic E-state index is 0.00446. The van der Waals surface area contributed by atoms with Crippen LogP contribution in [0, 0.1) is 17.8 Å². The van der Waals surface area contributed by atoms with Gasteiger partial charge in [-0.05, 0) is 49.1 Å². The Hall–Kier alpha value is -5.92. The molecule has 5 N–H and O–H groups in total. The predicted molar refractivity (Wildman–Crippen MR) is 221 cm³/mol. The highest BCUT2D eigenvalue weighted by Gasteiger charge is 2.40. The number of aromatic nitrogens is 1. The summed E-state index contributed by atoms with van der Waals surface area (Å²) in [6.45, 7) is 13.1. The maximum Gasteiger partial charge on any atom is 0.408 e. The number of benzene rings is 2. The van der Waals surface area contributed by atoms with Crippen molar-refractivity contribution in [2.24, 2.45) is 17.8 Å². The van der Waals surface area contributed by atoms with Gasteiger partial charge in [-0.3, -0.25) is 28.9 Å². The lowest BCUT2D eigenvalue weighted by Crippen LogP contribution is -2.58. The molecule has 312 valence electrons. The van der Waals surface area contributed by atoms with Gasteiger partial charge in [-0.15, -0.1) is 0 Å². The maximum absolute atomic E-state index is 13.9. The second kappa shape index (κ2) is 21.0. The molecule has 3 aromatic rings. The summed E-state index contributed by atoms with van der Waals surface area (Å²) in [4.78, 5) is 85.0. The minimum Gasteiger partial charge on any atom is -0.498 e. The fourth-order valence-electron chi connectivity index (χ4n) is 6.76. The molecule has 6 amide bonds. The predicted octanol–water partition coefficient (Wildman–Crippen LogP) is 5.57. The summed E-state index contributed by atoms with van der Waals surface area (Å²) in [6, 6.07) is 12.3. The average Bonchev–Trinajstić information content (AvgIpc) is 3.77. The first-order valence-corrected chi connectivity index (χ1v) is 19.9. The molecular weight excluding hydrogens is 741 g/mol. The number of nitrogens with one attached hydrogen (secondary N) is 5. The van der Waals surface area contributed by atoms with E-state index in [1.807, 2.05) is 96.1 Å². The van der Waals surface area contributed by atoms with E-state index in [9.17, 15) is 28.8 Å². The summed E-state index contributed by atoms with van der Waals surface area (Å²) in [5.41, 5.74) is 2.34. The third-order valence-electron chi connectivity index (χ3n) is 9.98. The van der Waals surface area contributed by atoms with Crippen molar-refractivity contribution >= 4 is 46.5 Å². The molecule has 14 nitrogen and oxygen atoms in total. The number of ether oxygens (including phenoxy) is 2. The highest BCUT2D eigenvalue weighted by atomic mass is 16.5. The van der Waals surface area contributed by atoms with Crippen LogP contribution in [0.5, 0.6) is 0 Å². The van der Waals surface area contributed by atoms with E-state index in [-0.39, 0.29) is 30.8 Å². The fourth-order valence-corrected chi connectivity index (χ4v) is 6.76. The van der Waals surface area contributed by atoms with Gasteiger partial charge in [-0.2, -0.15) is 0 Å². The van der Waals surface area contributed by atoms with E-state index in [0.29, 0.717) is 24.2 Å². The molecule has 0 aliphatic carbocycles. The van der Waals surface area contributed by atoms with Crippen molar-refractivity contribution < 1.29 is 38.2 Å². The van der Waals surface area contributed by atoms with Gasteiger partial charge in [0.2, 0.25) is 17.7 Å². The molecule has 0 saturated carbocycles. The normalized spacial score (nSPS) is 16.7. The Kier molecular flexibility index (Phi) is 16.2. The van der Waals surface area contributed by atoms with E-state index in [1.54, 1.807) is 13.1 Å². The lowest BCUT2D eigenvalue weighted by atomic mass is 9.96. The lowest BCUT2D eigenvalue weighted by Gasteiger charge is -2.28. The number of aromatic amines is 1. The Bertz CT molecular complexity index is 1970. The molecule has 2 aromatic carbocycles. The number of carbonyl (C=O) groups is 6. The number of H-pyrrole nitrogens is 1. The van der Waals surface area contributed by atoms with Gasteiger partial charge in [0.15, 0.2) is 0 Å². The van der Waals surface area contributed by atoms with Gasteiger partial charge < -0.3 is 35.7 Å². The van der Waals surface area contributed by atoms with Crippen molar-refractivity contribution in [3.05, 3.63) is 95.9 Å². The van der Waals surface area contributed by atoms with Gasteiger partial charge in [0.05, 0.1) is 7.11 Å². The van der Waals surface area contributed by atoms with E-state index in [1.165, 1.54) is 25.3 Å². The molecule has 0 fully saturated rings. The number of imide groups is 1. The Morgan fingerprint density at radius 3 is 2.03 bits per heavy atom. The molecular formula is C44H58N6O8. The molecule has 2 heterocycles. The first kappa shape index (κ1) is 44.8. The number of nitrogens with zero attached hydrogens (tertiary/aromatic N) is 1. The highest BCUT2D eigenvalue weighted by Crippen LogP contribution is 2.38. The van der Waals surface area contributed by atoms with Crippen LogP contribution in [0.15, 0.2) is 84.8 Å². The first-order valence-electron chi connectivity index (χ1n) is 19.9. The summed E-state index contributed by atoms with van der Waals surface area (Å²) in [7, 11) is 1.45. The fraction of sp³-hybridized carbons (Fsp3) is 0.455. The van der Waals surface area contributed by atoms with E-state index in [4.69, 9.17) is 9.47 Å². The average molecular weight is 799 g/mol. The summed E-state index contributed by atoms with van der Waals surface area (Å²) < 4.78 is 10.9. The second-order valence-corrected chi connectivity index (χ2v) is 15.6. The van der Waals surface area contributed by atoms with Gasteiger partial charge in [0, 0.05) is 40.9 Å². The zero-order valence-electron chi connectivity index (χ0n) is 34.7. The van der Waals surface area contributed by atoms with Gasteiger partial charge in [-0.1, -0.05) is 103 Å². The Balaban J connectivity index is 1.42. The van der Waals surface area contributed by atoms with E-state index in [0.717, 1.165) is 21.4 Å². The van der Waals surface area contributed by atoms with Gasteiger partial charge in [-0.25, -0.2) is 4.79 Å². The van der Waals surface area contributed by atoms with E-state index >= 15 is 0 Å². The van der Waals surface area contributed by atoms with Gasteiger partial charge in [0.25, 0.3) is 11.8 Å². The quantitative estimate of drug-likeness (QED) is 0.0974. The zero-order chi connectivity index (χ0) is 42.5. The summed E-state index contributed by atoms with van der Waals surface area (Å²) in [6.07, 6.45) is 6.13. The highest BCUT2D eigenvalue weighted by molar-refractivity contribution is 6.08. The van der Waals surface area contributed by atoms with Gasteiger partial charge >= 0.3 is 6.09 Å². The summed E-state index contributed by atoms with van der Waals surface area (Å²) >= 11 is 0. The molecule has 4 rings (SSSR count). The van der Waals surface area contributed by atoms with Crippen LogP contribution in [0.25, 0.3) is 10.9 Å². The van der Waals surface area contributed by atoms with Crippen LogP contribution in [0.4, 0.5) is 4.79 Å². The third-order valence-corrected chi connectivity index (χ3v) is 9.98. The number of fused-ring (bicyclic) bond motifs is 1. The van der Waals surface area contributed by atoms with Crippen LogP contribution in [0.3, 0.4) is 0 Å². The standard InChI is InChI=1S/C44H58N6O8/c1-9-28(6)39(49-44(56)58-25-30-15-11-10-12-16-30)43(55)48-35(22-27(4)5)42(54)47-34(21-26(2)3)41(53)46-29(7)19-20-37(51)50-38(52)23-36(57-8)40(50)32-24-45-33-18-14-13-17-31(32)33/h10-20,23-24,26-29,34-35,39-40,45H,9,21-22,25H2,1-8H3,(H,46,53)(H,47,54)(H,48,55)(H,49,56)/b20-19+/t28-,29-,34-,35-,39-,40-/m0/s1. The van der Waals surface area contributed by atoms with Gasteiger partial charge in [0.1, 0.15) is 36.5 Å². The van der Waals surface area contributed by atoms with Crippen molar-refractivity contribution in [1.29, 1.82) is 0 Å². The first-order chi connectivity index (χ1) is 27.6. The van der Waals surface area contributed by atoms with Crippen LogP contribution >= 0.6 is 0 Å². The maximum atomic E-state index is 13.9. The topological polar surface area (TPSA) is 188 Å². The third kappa shape index (κ3) is 12.0. The van der Waals surface area contributed by atoms with Crippen LogP contribution in [-0.4, -0.2) is 76.8 Å². The number of amides is 6. The molecule has 0 bridgehead atoms. The molecule has 58 heavy (non-hydrogen) atoms. The molecule has 0 spiro atoms. The molecule has 1 aromatic heterocycles. The van der Waals surface area contributed by atoms with E-state index < -0.39 is 65.8 Å². The molecule has 6 atom stereocenters. The molecule has 0 saturated heterocycles. The smallest absolute Gasteiger partial charge is 0.408 e. The van der Waals surface area contributed by atoms with Crippen molar-refractivity contribution in [3.8, 4) is 0 Å². The Labute approximate surface area is 340 Å². The molecule has 0 unspecified atom stereocenters. The van der Waals surface area contributed by atoms with Crippen LogP contribution in [-0.2, 0) is 40.1 Å². The lowest BCUT2D eigenvalue weighted by molar-refractivity contribution is -0.140. The number of para-hydroxylation sites is 1. The minimum atomic E-state index is -1.01. The number of carbonyl (C=O) groups excluding carboxylic acids is 6. The molecule has 1 aliphatic heterocycles. The Morgan fingerprint density at radius 1 is 0.810 bits per heavy atom. The molecule has 1 aliphatic rings. The van der Waals surface area contributed by atoms with Crippen molar-refractivity contribution in [2.75, 3.05) is 7.11 Å². The second-order valence-electron chi connectivity index (χ2n) is 15.6. The van der Waals surface area contributed by atoms with Crippen molar-refractivity contribution in [2.45, 2.75) is 105 Å². The SMILES string of the molecule is CC[C@H](C)[C@H](NC(=O)OCc1ccccc1)C(=O)N[C@@H](CC(C)C)C(=O)N[C@@H](CC(C)C)C(=O)N[C@@H](C)/C=C/C(=O)N1C(=O)C=C(OC)[C@@H]1c1c[nH]c2ccccc12. The summed E-state index contributed by atoms with van der Waals surface area (Å²) in [5, 5.41) is 12.0. The van der Waals surface area contributed by atoms with Crippen LogP contribution < -0.4 is 21.3 Å². The Morgan fingerprint density at radius 2 is 1.41 bits per heavy atom. The molecule has 0 radical (unpaired) electrons. The monoisotopic (exact) mass is 798 g/mol. The zero-order valence-corrected chi connectivity index (χ0v) is 34.7. The number of hydrogen-bond donors (Lipinski definition) is 5. The number of alkyl carbamates (subject to hydrolysis) is 1. The van der Waals surface area contributed by atoms with Crippen LogP contribution in [0.1, 0.15) is 84.9 Å². The van der Waals surface area contributed by atoms with Crippen LogP contribution in [0.2, 0.25) is 0 Å². The largest absolute Gasteiger partial charge is 0.498 e. The molecule has 14 heteroatoms.